The molecule has 2 rings (SSSR count). The maximum atomic E-state index is 6.29. The molecule has 0 aliphatic carbocycles. The standard InChI is InChI=1S/C22H32N2.2ClH/c1-18(2)22(21(23)24,20-15-9-4-10-16-20)17-11-5-8-14-19-12-6-3-7-13-19;;/h3-4,6-7,9-10,12-13,15-16,18,21H,5,8,11,14,17,23-24H2,1-2H3;2*1H. The first-order valence-electron chi connectivity index (χ1n) is 9.18. The van der Waals surface area contributed by atoms with E-state index in [1.54, 1.807) is 0 Å². The number of halogens is 2. The van der Waals surface area contributed by atoms with Gasteiger partial charge < -0.3 is 11.5 Å². The first-order valence-corrected chi connectivity index (χ1v) is 9.18. The molecule has 1 atom stereocenters. The number of benzene rings is 2. The van der Waals surface area contributed by atoms with Crippen molar-refractivity contribution in [2.24, 2.45) is 17.4 Å². The van der Waals surface area contributed by atoms with Crippen LogP contribution in [0.15, 0.2) is 60.7 Å². The van der Waals surface area contributed by atoms with Gasteiger partial charge in [0.25, 0.3) is 0 Å². The third kappa shape index (κ3) is 6.28. The predicted molar refractivity (Wildman–Crippen MR) is 118 cm³/mol. The maximum absolute atomic E-state index is 6.29. The van der Waals surface area contributed by atoms with Gasteiger partial charge in [-0.15, -0.1) is 24.8 Å². The molecule has 0 heterocycles. The Hall–Kier alpha value is -1.06. The molecule has 0 fully saturated rings. The monoisotopic (exact) mass is 396 g/mol. The van der Waals surface area contributed by atoms with Gasteiger partial charge in [0.05, 0.1) is 6.17 Å². The zero-order valence-electron chi connectivity index (χ0n) is 15.9. The lowest BCUT2D eigenvalue weighted by molar-refractivity contribution is 0.225. The van der Waals surface area contributed by atoms with E-state index in [2.05, 4.69) is 74.5 Å². The van der Waals surface area contributed by atoms with Crippen LogP contribution >= 0.6 is 24.8 Å². The fourth-order valence-corrected chi connectivity index (χ4v) is 3.83. The average molecular weight is 397 g/mol. The van der Waals surface area contributed by atoms with Crippen LogP contribution < -0.4 is 11.5 Å². The molecule has 0 radical (unpaired) electrons. The van der Waals surface area contributed by atoms with E-state index in [-0.39, 0.29) is 36.4 Å². The number of unbranched alkanes of at least 4 members (excludes halogenated alkanes) is 2. The SMILES string of the molecule is CC(C)C(CCCCCc1ccccc1)(c1ccccc1)C(N)N.Cl.Cl. The lowest BCUT2D eigenvalue weighted by atomic mass is 9.66. The van der Waals surface area contributed by atoms with E-state index in [4.69, 9.17) is 11.5 Å². The molecule has 4 heteroatoms. The third-order valence-corrected chi connectivity index (χ3v) is 5.34. The zero-order chi connectivity index (χ0) is 17.4. The summed E-state index contributed by atoms with van der Waals surface area (Å²) < 4.78 is 0. The molecule has 0 spiro atoms. The molecule has 2 nitrogen and oxygen atoms in total. The molecule has 2 aromatic rings. The molecular formula is C22H34Cl2N2. The minimum absolute atomic E-state index is 0. The van der Waals surface area contributed by atoms with E-state index in [0.717, 1.165) is 19.3 Å². The van der Waals surface area contributed by atoms with Crippen molar-refractivity contribution in [1.82, 2.24) is 0 Å². The molecule has 0 amide bonds. The topological polar surface area (TPSA) is 52.0 Å². The lowest BCUT2D eigenvalue weighted by Gasteiger charge is -2.41. The highest BCUT2D eigenvalue weighted by molar-refractivity contribution is 5.85. The summed E-state index contributed by atoms with van der Waals surface area (Å²) in [7, 11) is 0. The van der Waals surface area contributed by atoms with Gasteiger partial charge in [0.1, 0.15) is 0 Å². The zero-order valence-corrected chi connectivity index (χ0v) is 17.6. The summed E-state index contributed by atoms with van der Waals surface area (Å²) in [6.45, 7) is 4.48. The summed E-state index contributed by atoms with van der Waals surface area (Å²) in [5.74, 6) is 0.411. The lowest BCUT2D eigenvalue weighted by Crippen LogP contribution is -2.54. The fourth-order valence-electron chi connectivity index (χ4n) is 3.83. The van der Waals surface area contributed by atoms with Crippen molar-refractivity contribution in [3.63, 3.8) is 0 Å². The van der Waals surface area contributed by atoms with Gasteiger partial charge >= 0.3 is 0 Å². The van der Waals surface area contributed by atoms with E-state index < -0.39 is 0 Å². The van der Waals surface area contributed by atoms with Crippen LogP contribution in [0.3, 0.4) is 0 Å². The molecule has 0 aliphatic rings. The van der Waals surface area contributed by atoms with Gasteiger partial charge in [0, 0.05) is 5.41 Å². The first-order chi connectivity index (χ1) is 11.6. The van der Waals surface area contributed by atoms with Crippen molar-refractivity contribution in [2.45, 2.75) is 57.5 Å². The van der Waals surface area contributed by atoms with E-state index >= 15 is 0 Å². The van der Waals surface area contributed by atoms with Gasteiger partial charge in [-0.1, -0.05) is 87.4 Å². The second kappa shape index (κ2) is 12.3. The summed E-state index contributed by atoms with van der Waals surface area (Å²) in [6, 6.07) is 21.3. The Balaban J connectivity index is 0.00000312. The number of aryl methyl sites for hydroxylation is 1. The Kier molecular flexibility index (Phi) is 11.8. The summed E-state index contributed by atoms with van der Waals surface area (Å²) in [6.07, 6.45) is 5.44. The third-order valence-electron chi connectivity index (χ3n) is 5.34. The molecule has 1 unspecified atom stereocenters. The van der Waals surface area contributed by atoms with Crippen molar-refractivity contribution in [2.75, 3.05) is 0 Å². The van der Waals surface area contributed by atoms with Crippen LogP contribution in [-0.4, -0.2) is 6.17 Å². The Morgan fingerprint density at radius 2 is 1.31 bits per heavy atom. The molecule has 0 aliphatic heterocycles. The molecule has 0 bridgehead atoms. The quantitative estimate of drug-likeness (QED) is 0.435. The summed E-state index contributed by atoms with van der Waals surface area (Å²) >= 11 is 0. The second-order valence-corrected chi connectivity index (χ2v) is 7.13. The van der Waals surface area contributed by atoms with Crippen molar-refractivity contribution < 1.29 is 0 Å². The first kappa shape index (κ1) is 24.9. The molecule has 4 N–H and O–H groups in total. The van der Waals surface area contributed by atoms with Crippen LogP contribution in [0.5, 0.6) is 0 Å². The number of nitrogens with two attached hydrogens (primary N) is 2. The fraction of sp³-hybridized carbons (Fsp3) is 0.455. The van der Waals surface area contributed by atoms with Crippen molar-refractivity contribution in [3.8, 4) is 0 Å². The highest BCUT2D eigenvalue weighted by Gasteiger charge is 2.39. The molecular weight excluding hydrogens is 363 g/mol. The molecule has 2 aromatic carbocycles. The van der Waals surface area contributed by atoms with Crippen LogP contribution in [-0.2, 0) is 11.8 Å². The minimum Gasteiger partial charge on any atom is -0.315 e. The molecule has 0 saturated carbocycles. The largest absolute Gasteiger partial charge is 0.315 e. The average Bonchev–Trinajstić information content (AvgIpc) is 2.59. The summed E-state index contributed by atoms with van der Waals surface area (Å²) in [4.78, 5) is 0. The van der Waals surface area contributed by atoms with Crippen molar-refractivity contribution in [1.29, 1.82) is 0 Å². The van der Waals surface area contributed by atoms with Gasteiger partial charge in [-0.25, -0.2) is 0 Å². The van der Waals surface area contributed by atoms with Gasteiger partial charge in [0.15, 0.2) is 0 Å². The van der Waals surface area contributed by atoms with Gasteiger partial charge in [-0.3, -0.25) is 0 Å². The van der Waals surface area contributed by atoms with E-state index in [9.17, 15) is 0 Å². The Morgan fingerprint density at radius 3 is 1.81 bits per heavy atom. The summed E-state index contributed by atoms with van der Waals surface area (Å²) in [5, 5.41) is 0. The van der Waals surface area contributed by atoms with Crippen LogP contribution in [0.1, 0.15) is 50.7 Å². The molecule has 0 aromatic heterocycles. The van der Waals surface area contributed by atoms with Crippen LogP contribution in [0.2, 0.25) is 0 Å². The molecule has 146 valence electrons. The minimum atomic E-state index is -0.339. The van der Waals surface area contributed by atoms with Gasteiger partial charge in [-0.05, 0) is 36.3 Å². The molecule has 26 heavy (non-hydrogen) atoms. The Morgan fingerprint density at radius 1 is 0.769 bits per heavy atom. The summed E-state index contributed by atoms with van der Waals surface area (Å²) in [5.41, 5.74) is 15.1. The van der Waals surface area contributed by atoms with Gasteiger partial charge in [-0.2, -0.15) is 0 Å². The van der Waals surface area contributed by atoms with E-state index in [0.29, 0.717) is 5.92 Å². The Bertz CT molecular complexity index is 578. The smallest absolute Gasteiger partial charge is 0.0623 e. The van der Waals surface area contributed by atoms with Crippen molar-refractivity contribution in [3.05, 3.63) is 71.8 Å². The number of rotatable bonds is 9. The van der Waals surface area contributed by atoms with Crippen LogP contribution in [0.4, 0.5) is 0 Å². The van der Waals surface area contributed by atoms with E-state index in [1.165, 1.54) is 24.0 Å². The second-order valence-electron chi connectivity index (χ2n) is 7.13. The number of hydrogen-bond donors (Lipinski definition) is 2. The predicted octanol–water partition coefficient (Wildman–Crippen LogP) is 5.47. The normalized spacial score (nSPS) is 13.0. The van der Waals surface area contributed by atoms with Crippen LogP contribution in [0, 0.1) is 5.92 Å². The maximum Gasteiger partial charge on any atom is 0.0623 e. The van der Waals surface area contributed by atoms with Crippen LogP contribution in [0.25, 0.3) is 0 Å². The molecule has 0 saturated heterocycles. The van der Waals surface area contributed by atoms with E-state index in [1.807, 2.05) is 0 Å². The number of hydrogen-bond acceptors (Lipinski definition) is 2. The highest BCUT2D eigenvalue weighted by Crippen LogP contribution is 2.38. The van der Waals surface area contributed by atoms with Gasteiger partial charge in [0.2, 0.25) is 0 Å². The highest BCUT2D eigenvalue weighted by atomic mass is 35.5. The van der Waals surface area contributed by atoms with Crippen molar-refractivity contribution >= 4 is 24.8 Å². The Labute approximate surface area is 171 Å².